The van der Waals surface area contributed by atoms with E-state index in [9.17, 15) is 10.1 Å². The van der Waals surface area contributed by atoms with Crippen molar-refractivity contribution in [2.24, 2.45) is 5.73 Å². The number of hydrogen-bond donors (Lipinski definition) is 3. The zero-order valence-electron chi connectivity index (χ0n) is 12.3. The predicted molar refractivity (Wildman–Crippen MR) is 91.0 cm³/mol. The maximum Gasteiger partial charge on any atom is 0.267 e. The van der Waals surface area contributed by atoms with Crippen molar-refractivity contribution in [1.29, 1.82) is 5.26 Å². The minimum atomic E-state index is -0.663. The number of nitrogens with two attached hydrogens (primary N) is 2. The number of aromatic amines is 1. The number of carbonyl (C=O) groups excluding carboxylic acids is 1. The van der Waals surface area contributed by atoms with Crippen LogP contribution in [0, 0.1) is 11.3 Å². The van der Waals surface area contributed by atoms with Crippen molar-refractivity contribution in [2.75, 3.05) is 12.0 Å². The predicted octanol–water partition coefficient (Wildman–Crippen LogP) is 2.50. The van der Waals surface area contributed by atoms with Gasteiger partial charge in [0.15, 0.2) is 0 Å². The Morgan fingerprint density at radius 2 is 2.04 bits per heavy atom. The Hall–Kier alpha value is -2.98. The molecule has 0 atom stereocenters. The molecule has 23 heavy (non-hydrogen) atoms. The van der Waals surface area contributed by atoms with Crippen molar-refractivity contribution in [2.45, 2.75) is 5.03 Å². The number of H-pyrrole nitrogens is 1. The summed E-state index contributed by atoms with van der Waals surface area (Å²) in [5, 5.41) is 10.7. The highest BCUT2D eigenvalue weighted by molar-refractivity contribution is 7.98. The van der Waals surface area contributed by atoms with Crippen LogP contribution in [0.4, 0.5) is 5.69 Å². The number of nitrogen functional groups attached to an aromatic ring is 1. The van der Waals surface area contributed by atoms with Crippen molar-refractivity contribution in [3.63, 3.8) is 0 Å². The van der Waals surface area contributed by atoms with Gasteiger partial charge in [0.25, 0.3) is 5.91 Å². The van der Waals surface area contributed by atoms with Crippen molar-refractivity contribution in [3.8, 4) is 17.2 Å². The Morgan fingerprint density at radius 3 is 2.61 bits per heavy atom. The van der Waals surface area contributed by atoms with Crippen LogP contribution in [0.1, 0.15) is 16.1 Å². The maximum absolute atomic E-state index is 11.6. The fourth-order valence-electron chi connectivity index (χ4n) is 2.57. The zero-order chi connectivity index (χ0) is 16.6. The average molecular weight is 323 g/mol. The molecule has 0 saturated heterocycles. The lowest BCUT2D eigenvalue weighted by Crippen LogP contribution is -2.13. The van der Waals surface area contributed by atoms with Gasteiger partial charge in [-0.1, -0.05) is 30.3 Å². The minimum Gasteiger partial charge on any atom is -0.396 e. The van der Waals surface area contributed by atoms with Crippen LogP contribution in [0.15, 0.2) is 35.4 Å². The lowest BCUT2D eigenvalue weighted by Gasteiger charge is -2.10. The van der Waals surface area contributed by atoms with Gasteiger partial charge >= 0.3 is 0 Å². The second-order valence-corrected chi connectivity index (χ2v) is 5.65. The Morgan fingerprint density at radius 1 is 1.35 bits per heavy atom. The van der Waals surface area contributed by atoms with Crippen LogP contribution >= 0.6 is 11.8 Å². The molecule has 0 fully saturated rings. The standard InChI is InChI=1S/C16H13N5OS/c1-23-16-9(7-17)10(8-5-3-2-4-6-8)11-12(18)13(14(19)22)20-15(11)21-16/h2-6H,18H2,1H3,(H2,19,22)(H,20,21). The average Bonchev–Trinajstić information content (AvgIpc) is 2.90. The van der Waals surface area contributed by atoms with Gasteiger partial charge in [0.2, 0.25) is 0 Å². The lowest BCUT2D eigenvalue weighted by molar-refractivity contribution is 0.0997. The Balaban J connectivity index is 2.52. The molecule has 3 rings (SSSR count). The summed E-state index contributed by atoms with van der Waals surface area (Å²) in [5.41, 5.74) is 14.1. The number of anilines is 1. The number of hydrogen-bond acceptors (Lipinski definition) is 5. The van der Waals surface area contributed by atoms with Gasteiger partial charge < -0.3 is 16.5 Å². The first kappa shape index (κ1) is 14.9. The third-order valence-electron chi connectivity index (χ3n) is 3.56. The van der Waals surface area contributed by atoms with Crippen LogP contribution < -0.4 is 11.5 Å². The quantitative estimate of drug-likeness (QED) is 0.639. The summed E-state index contributed by atoms with van der Waals surface area (Å²) in [4.78, 5) is 18.8. The van der Waals surface area contributed by atoms with Gasteiger partial charge in [-0.2, -0.15) is 5.26 Å². The van der Waals surface area contributed by atoms with Gasteiger partial charge in [-0.15, -0.1) is 11.8 Å². The van der Waals surface area contributed by atoms with E-state index < -0.39 is 5.91 Å². The van der Waals surface area contributed by atoms with Crippen LogP contribution in [0.25, 0.3) is 22.2 Å². The summed E-state index contributed by atoms with van der Waals surface area (Å²) >= 11 is 1.36. The summed E-state index contributed by atoms with van der Waals surface area (Å²) < 4.78 is 0. The summed E-state index contributed by atoms with van der Waals surface area (Å²) in [6.45, 7) is 0. The van der Waals surface area contributed by atoms with E-state index in [1.54, 1.807) is 0 Å². The molecule has 5 N–H and O–H groups in total. The fourth-order valence-corrected chi connectivity index (χ4v) is 3.10. The Labute approximate surface area is 136 Å². The van der Waals surface area contributed by atoms with Crippen molar-refractivity contribution < 1.29 is 4.79 Å². The third kappa shape index (κ3) is 2.29. The number of primary amides is 1. The number of pyridine rings is 1. The molecule has 6 nitrogen and oxygen atoms in total. The van der Waals surface area contributed by atoms with Crippen LogP contribution in [-0.4, -0.2) is 22.1 Å². The van der Waals surface area contributed by atoms with Crippen LogP contribution in [0.2, 0.25) is 0 Å². The van der Waals surface area contributed by atoms with Gasteiger partial charge in [0.05, 0.1) is 16.6 Å². The fraction of sp³-hybridized carbons (Fsp3) is 0.0625. The maximum atomic E-state index is 11.6. The molecular formula is C16H13N5OS. The molecule has 1 aromatic carbocycles. The number of rotatable bonds is 3. The molecule has 2 heterocycles. The Bertz CT molecular complexity index is 956. The molecule has 0 bridgehead atoms. The van der Waals surface area contributed by atoms with Crippen molar-refractivity contribution >= 4 is 34.4 Å². The summed E-state index contributed by atoms with van der Waals surface area (Å²) in [5.74, 6) is -0.663. The molecule has 0 radical (unpaired) electrons. The number of fused-ring (bicyclic) bond motifs is 1. The SMILES string of the molecule is CSc1nc2[nH]c(C(N)=O)c(N)c2c(-c2ccccc2)c1C#N. The van der Waals surface area contributed by atoms with E-state index in [0.717, 1.165) is 5.56 Å². The molecule has 0 saturated carbocycles. The number of benzene rings is 1. The number of thioether (sulfide) groups is 1. The second-order valence-electron chi connectivity index (χ2n) is 4.85. The smallest absolute Gasteiger partial charge is 0.267 e. The van der Waals surface area contributed by atoms with E-state index in [1.807, 2.05) is 36.6 Å². The lowest BCUT2D eigenvalue weighted by atomic mass is 9.98. The first-order valence-electron chi connectivity index (χ1n) is 6.73. The molecule has 0 aliphatic heterocycles. The first-order chi connectivity index (χ1) is 11.1. The van der Waals surface area contributed by atoms with Crippen molar-refractivity contribution in [1.82, 2.24) is 9.97 Å². The van der Waals surface area contributed by atoms with Gasteiger partial charge in [0.1, 0.15) is 22.4 Å². The number of nitrogens with one attached hydrogen (secondary N) is 1. The van der Waals surface area contributed by atoms with E-state index in [1.165, 1.54) is 11.8 Å². The van der Waals surface area contributed by atoms with Gasteiger partial charge in [-0.3, -0.25) is 4.79 Å². The molecule has 114 valence electrons. The van der Waals surface area contributed by atoms with E-state index in [2.05, 4.69) is 16.0 Å². The summed E-state index contributed by atoms with van der Waals surface area (Å²) in [6, 6.07) is 11.6. The van der Waals surface area contributed by atoms with Crippen LogP contribution in [0.3, 0.4) is 0 Å². The van der Waals surface area contributed by atoms with Gasteiger partial charge in [-0.25, -0.2) is 4.98 Å². The minimum absolute atomic E-state index is 0.104. The molecule has 0 aliphatic rings. The molecule has 2 aromatic heterocycles. The van der Waals surface area contributed by atoms with Crippen LogP contribution in [0.5, 0.6) is 0 Å². The van der Waals surface area contributed by atoms with E-state index in [-0.39, 0.29) is 11.4 Å². The highest BCUT2D eigenvalue weighted by Crippen LogP contribution is 2.39. The molecule has 3 aromatic rings. The number of carbonyl (C=O) groups is 1. The molecule has 0 spiro atoms. The van der Waals surface area contributed by atoms with Gasteiger partial charge in [0, 0.05) is 5.56 Å². The van der Waals surface area contributed by atoms with Crippen LogP contribution in [-0.2, 0) is 0 Å². The number of nitriles is 1. The van der Waals surface area contributed by atoms with Crippen molar-refractivity contribution in [3.05, 3.63) is 41.6 Å². The second kappa shape index (κ2) is 5.66. The summed E-state index contributed by atoms with van der Waals surface area (Å²) in [7, 11) is 0. The number of amides is 1. The molecular weight excluding hydrogens is 310 g/mol. The zero-order valence-corrected chi connectivity index (χ0v) is 13.1. The molecule has 0 unspecified atom stereocenters. The molecule has 0 aliphatic carbocycles. The van der Waals surface area contributed by atoms with Gasteiger partial charge in [-0.05, 0) is 11.8 Å². The number of nitrogens with zero attached hydrogens (tertiary/aromatic N) is 2. The van der Waals surface area contributed by atoms with E-state index in [0.29, 0.717) is 27.2 Å². The summed E-state index contributed by atoms with van der Waals surface area (Å²) in [6.07, 6.45) is 1.84. The topological polar surface area (TPSA) is 122 Å². The molecule has 1 amide bonds. The highest BCUT2D eigenvalue weighted by atomic mass is 32.2. The Kier molecular flexibility index (Phi) is 3.68. The highest BCUT2D eigenvalue weighted by Gasteiger charge is 2.23. The monoisotopic (exact) mass is 323 g/mol. The van der Waals surface area contributed by atoms with E-state index in [4.69, 9.17) is 11.5 Å². The third-order valence-corrected chi connectivity index (χ3v) is 4.24. The largest absolute Gasteiger partial charge is 0.396 e. The number of aromatic nitrogens is 2. The normalized spacial score (nSPS) is 10.6. The first-order valence-corrected chi connectivity index (χ1v) is 7.95. The van der Waals surface area contributed by atoms with E-state index >= 15 is 0 Å². The molecule has 7 heteroatoms.